The van der Waals surface area contributed by atoms with Crippen LogP contribution in [0.5, 0.6) is 0 Å². The van der Waals surface area contributed by atoms with Crippen LogP contribution in [-0.4, -0.2) is 36.5 Å². The molecule has 40 heavy (non-hydrogen) atoms. The van der Waals surface area contributed by atoms with Gasteiger partial charge >= 0.3 is 5.69 Å². The number of imidazole rings is 2. The van der Waals surface area contributed by atoms with Gasteiger partial charge in [0.15, 0.2) is 0 Å². The Labute approximate surface area is 244 Å². The predicted octanol–water partition coefficient (Wildman–Crippen LogP) is 5.39. The molecule has 202 valence electrons. The fourth-order valence-corrected chi connectivity index (χ4v) is 5.52. The fraction of sp³-hybridized carbons (Fsp3) is 0.167. The highest BCUT2D eigenvalue weighted by Crippen LogP contribution is 2.26. The van der Waals surface area contributed by atoms with Crippen LogP contribution in [0.4, 0.5) is 0 Å². The van der Waals surface area contributed by atoms with E-state index in [-0.39, 0.29) is 11.6 Å². The minimum absolute atomic E-state index is 0.225. The van der Waals surface area contributed by atoms with E-state index in [2.05, 4.69) is 36.1 Å². The minimum Gasteiger partial charge on any atom is -0.347 e. The Bertz CT molecular complexity index is 1710. The second-order valence-electron chi connectivity index (χ2n) is 9.68. The van der Waals surface area contributed by atoms with Gasteiger partial charge in [-0.3, -0.25) is 18.8 Å². The molecule has 5 aromatic rings. The molecule has 2 aromatic heterocycles. The Morgan fingerprint density at radius 3 is 2.55 bits per heavy atom. The zero-order valence-electron chi connectivity index (χ0n) is 21.5. The van der Waals surface area contributed by atoms with E-state index < -0.39 is 0 Å². The van der Waals surface area contributed by atoms with Crippen LogP contribution in [-0.2, 0) is 26.2 Å². The van der Waals surface area contributed by atoms with Crippen molar-refractivity contribution in [3.05, 3.63) is 128 Å². The average Bonchev–Trinajstić information content (AvgIpc) is 3.61. The largest absolute Gasteiger partial charge is 0.347 e. The van der Waals surface area contributed by atoms with Crippen LogP contribution >= 0.6 is 27.5 Å². The molecule has 2 N–H and O–H groups in total. The minimum atomic E-state index is -0.293. The molecule has 0 bridgehead atoms. The van der Waals surface area contributed by atoms with E-state index in [9.17, 15) is 9.59 Å². The third-order valence-corrected chi connectivity index (χ3v) is 8.29. The summed E-state index contributed by atoms with van der Waals surface area (Å²) in [5.74, 6) is 0.443. The molecule has 1 aliphatic heterocycles. The van der Waals surface area contributed by atoms with Crippen molar-refractivity contribution < 1.29 is 4.79 Å². The number of hydrogen-bond acceptors (Lipinski definition) is 4. The van der Waals surface area contributed by atoms with Gasteiger partial charge in [-0.15, -0.1) is 0 Å². The molecular weight excluding hydrogens is 592 g/mol. The van der Waals surface area contributed by atoms with Gasteiger partial charge in [-0.25, -0.2) is 9.78 Å². The molecule has 0 saturated heterocycles. The summed E-state index contributed by atoms with van der Waals surface area (Å²) in [6.07, 6.45) is 3.46. The van der Waals surface area contributed by atoms with Gasteiger partial charge in [0.2, 0.25) is 0 Å². The molecule has 0 unspecified atom stereocenters. The van der Waals surface area contributed by atoms with E-state index in [4.69, 9.17) is 11.6 Å². The van der Waals surface area contributed by atoms with Crippen molar-refractivity contribution in [1.82, 2.24) is 29.3 Å². The van der Waals surface area contributed by atoms with E-state index in [0.29, 0.717) is 54.8 Å². The van der Waals surface area contributed by atoms with E-state index in [1.807, 2.05) is 72.8 Å². The average molecular weight is 618 g/mol. The van der Waals surface area contributed by atoms with Crippen LogP contribution in [0, 0.1) is 0 Å². The summed E-state index contributed by atoms with van der Waals surface area (Å²) >= 11 is 9.77. The third-order valence-electron chi connectivity index (χ3n) is 7.06. The third kappa shape index (κ3) is 5.28. The summed E-state index contributed by atoms with van der Waals surface area (Å²) in [6.45, 7) is 2.61. The molecule has 0 fully saturated rings. The van der Waals surface area contributed by atoms with Crippen LogP contribution in [0.1, 0.15) is 27.3 Å². The molecule has 0 atom stereocenters. The molecule has 0 aliphatic carbocycles. The van der Waals surface area contributed by atoms with Crippen molar-refractivity contribution in [3.8, 4) is 17.1 Å². The van der Waals surface area contributed by atoms with E-state index >= 15 is 0 Å². The maximum atomic E-state index is 13.8. The summed E-state index contributed by atoms with van der Waals surface area (Å²) in [5, 5.41) is 3.68. The summed E-state index contributed by atoms with van der Waals surface area (Å²) in [7, 11) is 0. The standard InChI is InChI=1S/C30H26BrClN6O2/c31-24-11-6-21(16-25(24)32)18-36-14-15-37-26(19-36)27(29(39)35-17-20-4-2-1-3-5-20)38(30(37)40)23-9-7-22(8-10-23)28-33-12-13-34-28/h1-13,16H,14-15,17-19H2,(H,33,34)(H,35,39). The highest BCUT2D eigenvalue weighted by molar-refractivity contribution is 9.10. The second-order valence-corrected chi connectivity index (χ2v) is 10.9. The molecular formula is C30H26BrClN6O2. The van der Waals surface area contributed by atoms with Crippen molar-refractivity contribution >= 4 is 33.4 Å². The predicted molar refractivity (Wildman–Crippen MR) is 158 cm³/mol. The number of benzene rings is 3. The molecule has 1 aliphatic rings. The maximum absolute atomic E-state index is 13.8. The normalized spacial score (nSPS) is 13.2. The van der Waals surface area contributed by atoms with Gasteiger partial charge in [-0.2, -0.15) is 0 Å². The lowest BCUT2D eigenvalue weighted by atomic mass is 10.1. The Morgan fingerprint density at radius 1 is 1.02 bits per heavy atom. The molecule has 0 saturated carbocycles. The lowest BCUT2D eigenvalue weighted by molar-refractivity contribution is 0.0940. The number of hydrogen-bond donors (Lipinski definition) is 2. The van der Waals surface area contributed by atoms with Gasteiger partial charge in [0.25, 0.3) is 5.91 Å². The van der Waals surface area contributed by atoms with Gasteiger partial charge in [-0.05, 0) is 63.5 Å². The van der Waals surface area contributed by atoms with Crippen molar-refractivity contribution in [2.45, 2.75) is 26.2 Å². The van der Waals surface area contributed by atoms with E-state index in [1.54, 1.807) is 17.0 Å². The van der Waals surface area contributed by atoms with Crippen molar-refractivity contribution in [2.24, 2.45) is 0 Å². The fourth-order valence-electron chi connectivity index (χ4n) is 5.07. The number of H-pyrrole nitrogens is 1. The summed E-state index contributed by atoms with van der Waals surface area (Å²) in [4.78, 5) is 37.1. The number of amides is 1. The second kappa shape index (κ2) is 11.3. The Hall–Kier alpha value is -3.92. The number of nitrogens with one attached hydrogen (secondary N) is 2. The Morgan fingerprint density at radius 2 is 1.82 bits per heavy atom. The highest BCUT2D eigenvalue weighted by atomic mass is 79.9. The zero-order valence-corrected chi connectivity index (χ0v) is 23.8. The molecule has 3 aromatic carbocycles. The number of carbonyl (C=O) groups is 1. The van der Waals surface area contributed by atoms with Gasteiger partial charge in [0, 0.05) is 55.2 Å². The van der Waals surface area contributed by atoms with Gasteiger partial charge in [0.05, 0.1) is 16.4 Å². The molecule has 0 radical (unpaired) electrons. The van der Waals surface area contributed by atoms with Crippen LogP contribution < -0.4 is 11.0 Å². The summed E-state index contributed by atoms with van der Waals surface area (Å²) in [6, 6.07) is 23.1. The zero-order chi connectivity index (χ0) is 27.6. The van der Waals surface area contributed by atoms with Gasteiger partial charge in [-0.1, -0.05) is 48.0 Å². The number of carbonyl (C=O) groups excluding carboxylic acids is 1. The summed E-state index contributed by atoms with van der Waals surface area (Å²) in [5.41, 5.74) is 4.38. The van der Waals surface area contributed by atoms with Crippen molar-refractivity contribution in [3.63, 3.8) is 0 Å². The number of aromatic nitrogens is 4. The van der Waals surface area contributed by atoms with Crippen LogP contribution in [0.15, 0.2) is 94.5 Å². The van der Waals surface area contributed by atoms with Gasteiger partial charge in [0.1, 0.15) is 11.5 Å². The highest BCUT2D eigenvalue weighted by Gasteiger charge is 2.30. The first-order valence-electron chi connectivity index (χ1n) is 12.9. The lowest BCUT2D eigenvalue weighted by Crippen LogP contribution is -2.37. The first-order valence-corrected chi connectivity index (χ1v) is 14.1. The van der Waals surface area contributed by atoms with Crippen molar-refractivity contribution in [2.75, 3.05) is 6.54 Å². The number of halogens is 2. The summed E-state index contributed by atoms with van der Waals surface area (Å²) < 4.78 is 4.10. The monoisotopic (exact) mass is 616 g/mol. The van der Waals surface area contributed by atoms with Gasteiger partial charge < -0.3 is 10.3 Å². The number of aromatic amines is 1. The lowest BCUT2D eigenvalue weighted by Gasteiger charge is -2.28. The SMILES string of the molecule is O=C(NCc1ccccc1)c1c2n(c(=O)n1-c1ccc(-c3ncc[nH]3)cc1)CCN(Cc1ccc(Br)c(Cl)c1)C2. The first-order chi connectivity index (χ1) is 19.5. The van der Waals surface area contributed by atoms with Crippen LogP contribution in [0.25, 0.3) is 17.1 Å². The number of nitrogens with zero attached hydrogens (tertiary/aromatic N) is 4. The van der Waals surface area contributed by atoms with Crippen LogP contribution in [0.3, 0.4) is 0 Å². The Kier molecular flexibility index (Phi) is 7.42. The molecule has 1 amide bonds. The smallest absolute Gasteiger partial charge is 0.333 e. The first kappa shape index (κ1) is 26.3. The number of fused-ring (bicyclic) bond motifs is 1. The van der Waals surface area contributed by atoms with E-state index in [1.165, 1.54) is 4.57 Å². The Balaban J connectivity index is 1.36. The van der Waals surface area contributed by atoms with Crippen LogP contribution in [0.2, 0.25) is 5.02 Å². The molecule has 0 spiro atoms. The molecule has 3 heterocycles. The quantitative estimate of drug-likeness (QED) is 0.256. The number of rotatable bonds is 7. The van der Waals surface area contributed by atoms with Crippen molar-refractivity contribution in [1.29, 1.82) is 0 Å². The molecule has 8 nitrogen and oxygen atoms in total. The molecule has 10 heteroatoms. The van der Waals surface area contributed by atoms with E-state index in [0.717, 1.165) is 27.0 Å². The maximum Gasteiger partial charge on any atom is 0.333 e. The topological polar surface area (TPSA) is 88.0 Å². The molecule has 6 rings (SSSR count).